The van der Waals surface area contributed by atoms with Crippen molar-refractivity contribution in [1.29, 1.82) is 0 Å². The van der Waals surface area contributed by atoms with Crippen LogP contribution in [-0.4, -0.2) is 39.5 Å². The molecule has 1 aromatic rings. The first-order valence-electron chi connectivity index (χ1n) is 7.63. The summed E-state index contributed by atoms with van der Waals surface area (Å²) in [5.41, 5.74) is 0.609. The van der Waals surface area contributed by atoms with E-state index in [2.05, 4.69) is 15.4 Å². The van der Waals surface area contributed by atoms with E-state index in [-0.39, 0.29) is 24.1 Å². The molecule has 2 N–H and O–H groups in total. The van der Waals surface area contributed by atoms with E-state index in [1.807, 2.05) is 13.8 Å². The standard InChI is InChI=1S/C16H24F2N2O4/c1-11(2)10-23-7-6-19-16(21)20-9-12-4-5-13(22-3)14(8-12)24-15(17)18/h4-5,8,11,15H,6-7,9-10H2,1-3H3,(H2,19,20,21). The van der Waals surface area contributed by atoms with Gasteiger partial charge in [0.25, 0.3) is 0 Å². The molecule has 0 heterocycles. The number of nitrogens with one attached hydrogen (secondary N) is 2. The van der Waals surface area contributed by atoms with Gasteiger partial charge >= 0.3 is 12.6 Å². The first kappa shape index (κ1) is 20.0. The Hall–Kier alpha value is -2.09. The molecule has 136 valence electrons. The highest BCUT2D eigenvalue weighted by Crippen LogP contribution is 2.29. The van der Waals surface area contributed by atoms with E-state index < -0.39 is 6.61 Å². The van der Waals surface area contributed by atoms with Crippen LogP contribution in [0.3, 0.4) is 0 Å². The number of carbonyl (C=O) groups excluding carboxylic acids is 1. The highest BCUT2D eigenvalue weighted by molar-refractivity contribution is 5.73. The summed E-state index contributed by atoms with van der Waals surface area (Å²) in [6.45, 7) is 2.77. The van der Waals surface area contributed by atoms with Crippen LogP contribution < -0.4 is 20.1 Å². The molecule has 1 aromatic carbocycles. The van der Waals surface area contributed by atoms with Crippen LogP contribution in [-0.2, 0) is 11.3 Å². The Bertz CT molecular complexity index is 513. The molecular formula is C16H24F2N2O4. The van der Waals surface area contributed by atoms with Gasteiger partial charge in [-0.2, -0.15) is 8.78 Å². The first-order chi connectivity index (χ1) is 11.4. The van der Waals surface area contributed by atoms with Gasteiger partial charge in [0.1, 0.15) is 0 Å². The summed E-state index contributed by atoms with van der Waals surface area (Å²) in [4.78, 5) is 11.6. The third-order valence-corrected chi connectivity index (χ3v) is 2.88. The summed E-state index contributed by atoms with van der Waals surface area (Å²) in [5, 5.41) is 5.27. The van der Waals surface area contributed by atoms with E-state index in [1.165, 1.54) is 19.2 Å². The minimum Gasteiger partial charge on any atom is -0.493 e. The number of methoxy groups -OCH3 is 1. The van der Waals surface area contributed by atoms with Crippen molar-refractivity contribution in [3.8, 4) is 11.5 Å². The van der Waals surface area contributed by atoms with Crippen molar-refractivity contribution in [2.75, 3.05) is 26.9 Å². The fraction of sp³-hybridized carbons (Fsp3) is 0.562. The van der Waals surface area contributed by atoms with Gasteiger partial charge in [0.2, 0.25) is 0 Å². The number of hydrogen-bond donors (Lipinski definition) is 2. The van der Waals surface area contributed by atoms with Crippen molar-refractivity contribution >= 4 is 6.03 Å². The van der Waals surface area contributed by atoms with Crippen LogP contribution in [0.4, 0.5) is 13.6 Å². The smallest absolute Gasteiger partial charge is 0.387 e. The van der Waals surface area contributed by atoms with Gasteiger partial charge in [0.05, 0.1) is 13.7 Å². The molecule has 0 atom stereocenters. The fourth-order valence-electron chi connectivity index (χ4n) is 1.82. The Balaban J connectivity index is 2.39. The lowest BCUT2D eigenvalue weighted by Crippen LogP contribution is -2.37. The van der Waals surface area contributed by atoms with Crippen molar-refractivity contribution in [3.63, 3.8) is 0 Å². The predicted octanol–water partition coefficient (Wildman–Crippen LogP) is 2.77. The summed E-state index contributed by atoms with van der Waals surface area (Å²) < 4.78 is 39.4. The lowest BCUT2D eigenvalue weighted by atomic mass is 10.2. The van der Waals surface area contributed by atoms with Crippen LogP contribution in [0, 0.1) is 5.92 Å². The van der Waals surface area contributed by atoms with Gasteiger partial charge in [-0.25, -0.2) is 4.79 Å². The molecule has 1 rings (SSSR count). The van der Waals surface area contributed by atoms with Crippen LogP contribution >= 0.6 is 0 Å². The molecule has 2 amide bonds. The lowest BCUT2D eigenvalue weighted by Gasteiger charge is -2.12. The van der Waals surface area contributed by atoms with Gasteiger partial charge in [0, 0.05) is 19.7 Å². The van der Waals surface area contributed by atoms with E-state index in [4.69, 9.17) is 9.47 Å². The first-order valence-corrected chi connectivity index (χ1v) is 7.63. The summed E-state index contributed by atoms with van der Waals surface area (Å²) in [7, 11) is 1.36. The number of alkyl halides is 2. The number of halogens is 2. The fourth-order valence-corrected chi connectivity index (χ4v) is 1.82. The summed E-state index contributed by atoms with van der Waals surface area (Å²) in [5.74, 6) is 0.568. The summed E-state index contributed by atoms with van der Waals surface area (Å²) >= 11 is 0. The number of carbonyl (C=O) groups is 1. The highest BCUT2D eigenvalue weighted by atomic mass is 19.3. The van der Waals surface area contributed by atoms with Gasteiger partial charge in [-0.05, 0) is 23.6 Å². The average molecular weight is 346 g/mol. The number of urea groups is 1. The molecule has 6 nitrogen and oxygen atoms in total. The SMILES string of the molecule is COc1ccc(CNC(=O)NCCOCC(C)C)cc1OC(F)F. The Morgan fingerprint density at radius 1 is 1.21 bits per heavy atom. The molecule has 0 bridgehead atoms. The maximum absolute atomic E-state index is 12.4. The van der Waals surface area contributed by atoms with E-state index in [0.29, 0.717) is 31.2 Å². The van der Waals surface area contributed by atoms with Crippen LogP contribution in [0.1, 0.15) is 19.4 Å². The second-order valence-electron chi connectivity index (χ2n) is 5.44. The van der Waals surface area contributed by atoms with Crippen LogP contribution in [0.25, 0.3) is 0 Å². The lowest BCUT2D eigenvalue weighted by molar-refractivity contribution is -0.0512. The molecule has 0 saturated heterocycles. The van der Waals surface area contributed by atoms with Gasteiger partial charge in [-0.15, -0.1) is 0 Å². The molecule has 0 aliphatic heterocycles. The van der Waals surface area contributed by atoms with E-state index in [0.717, 1.165) is 0 Å². The maximum Gasteiger partial charge on any atom is 0.387 e. The molecule has 0 aromatic heterocycles. The largest absolute Gasteiger partial charge is 0.493 e. The van der Waals surface area contributed by atoms with Crippen LogP contribution in [0.2, 0.25) is 0 Å². The molecule has 0 saturated carbocycles. The molecule has 0 aliphatic rings. The quantitative estimate of drug-likeness (QED) is 0.639. The van der Waals surface area contributed by atoms with Gasteiger partial charge in [-0.1, -0.05) is 19.9 Å². The van der Waals surface area contributed by atoms with Crippen molar-refractivity contribution in [2.24, 2.45) is 5.92 Å². The Morgan fingerprint density at radius 2 is 1.96 bits per heavy atom. The second-order valence-corrected chi connectivity index (χ2v) is 5.44. The zero-order valence-corrected chi connectivity index (χ0v) is 14.1. The zero-order valence-electron chi connectivity index (χ0n) is 14.1. The van der Waals surface area contributed by atoms with Gasteiger partial charge in [0.15, 0.2) is 11.5 Å². The topological polar surface area (TPSA) is 68.8 Å². The Morgan fingerprint density at radius 3 is 2.58 bits per heavy atom. The third kappa shape index (κ3) is 7.96. The van der Waals surface area contributed by atoms with Crippen molar-refractivity contribution in [2.45, 2.75) is 27.0 Å². The minimum absolute atomic E-state index is 0.0747. The van der Waals surface area contributed by atoms with Crippen molar-refractivity contribution in [1.82, 2.24) is 10.6 Å². The van der Waals surface area contributed by atoms with Gasteiger partial charge in [-0.3, -0.25) is 0 Å². The summed E-state index contributed by atoms with van der Waals surface area (Å²) in [6, 6.07) is 4.20. The van der Waals surface area contributed by atoms with Crippen molar-refractivity contribution < 1.29 is 27.8 Å². The molecule has 0 fully saturated rings. The van der Waals surface area contributed by atoms with E-state index in [1.54, 1.807) is 6.07 Å². The minimum atomic E-state index is -2.95. The number of rotatable bonds is 10. The average Bonchev–Trinajstić information content (AvgIpc) is 2.52. The molecule has 0 radical (unpaired) electrons. The van der Waals surface area contributed by atoms with Crippen LogP contribution in [0.5, 0.6) is 11.5 Å². The molecule has 0 unspecified atom stereocenters. The predicted molar refractivity (Wildman–Crippen MR) is 85.5 cm³/mol. The number of hydrogen-bond acceptors (Lipinski definition) is 4. The maximum atomic E-state index is 12.4. The monoisotopic (exact) mass is 346 g/mol. The normalized spacial score (nSPS) is 10.8. The molecule has 0 spiro atoms. The van der Waals surface area contributed by atoms with Crippen molar-refractivity contribution in [3.05, 3.63) is 23.8 Å². The van der Waals surface area contributed by atoms with Gasteiger partial charge < -0.3 is 24.8 Å². The number of ether oxygens (including phenoxy) is 3. The summed E-state index contributed by atoms with van der Waals surface area (Å²) in [6.07, 6.45) is 0. The molecule has 24 heavy (non-hydrogen) atoms. The Labute approximate surface area is 140 Å². The van der Waals surface area contributed by atoms with E-state index >= 15 is 0 Å². The Kier molecular flexibility index (Phi) is 8.85. The molecule has 8 heteroatoms. The highest BCUT2D eigenvalue weighted by Gasteiger charge is 2.11. The second kappa shape index (κ2) is 10.6. The molecular weight excluding hydrogens is 322 g/mol. The number of benzene rings is 1. The zero-order chi connectivity index (χ0) is 17.9. The van der Waals surface area contributed by atoms with E-state index in [9.17, 15) is 13.6 Å². The number of amides is 2. The molecule has 0 aliphatic carbocycles. The van der Waals surface area contributed by atoms with Crippen LogP contribution in [0.15, 0.2) is 18.2 Å². The third-order valence-electron chi connectivity index (χ3n) is 2.88.